The van der Waals surface area contributed by atoms with Crippen LogP contribution in [0.25, 0.3) is 11.6 Å². The van der Waals surface area contributed by atoms with Gasteiger partial charge in [0, 0.05) is 0 Å². The molecular weight excluding hydrogens is 316 g/mol. The van der Waals surface area contributed by atoms with Crippen LogP contribution >= 0.6 is 0 Å². The third kappa shape index (κ3) is 5.69. The molecule has 0 aliphatic rings. The van der Waals surface area contributed by atoms with Crippen LogP contribution in [0.5, 0.6) is 0 Å². The summed E-state index contributed by atoms with van der Waals surface area (Å²) in [6, 6.07) is 18.2. The normalized spacial score (nSPS) is 12.0. The minimum atomic E-state index is -4.17. The van der Waals surface area contributed by atoms with Crippen LogP contribution < -0.4 is 0 Å². The van der Waals surface area contributed by atoms with Gasteiger partial charge in [-0.25, -0.2) is 4.79 Å². The van der Waals surface area contributed by atoms with E-state index in [1.807, 2.05) is 36.4 Å². The van der Waals surface area contributed by atoms with Crippen LogP contribution in [0.2, 0.25) is 0 Å². The van der Waals surface area contributed by atoms with Gasteiger partial charge in [0.25, 0.3) is 10.1 Å². The Bertz CT molecular complexity index is 780. The zero-order valence-corrected chi connectivity index (χ0v) is 13.1. The number of esters is 1. The fraction of sp³-hybridized carbons (Fsp3) is 0.118. The first kappa shape index (κ1) is 16.9. The Morgan fingerprint density at radius 1 is 1.00 bits per heavy atom. The number of benzene rings is 2. The van der Waals surface area contributed by atoms with E-state index in [-0.39, 0.29) is 0 Å². The highest BCUT2D eigenvalue weighted by Crippen LogP contribution is 2.19. The SMILES string of the molecule is O=C(OCCS(=O)(=O)O)/C(=C/c1ccccc1)c1ccccc1. The van der Waals surface area contributed by atoms with Gasteiger partial charge in [-0.05, 0) is 17.2 Å². The minimum Gasteiger partial charge on any atom is -0.461 e. The van der Waals surface area contributed by atoms with E-state index in [0.717, 1.165) is 5.56 Å². The number of carbonyl (C=O) groups is 1. The zero-order valence-electron chi connectivity index (χ0n) is 12.3. The van der Waals surface area contributed by atoms with Crippen molar-refractivity contribution in [1.82, 2.24) is 0 Å². The zero-order chi connectivity index (χ0) is 16.7. The number of hydrogen-bond acceptors (Lipinski definition) is 4. The first-order valence-electron chi connectivity index (χ1n) is 6.90. The van der Waals surface area contributed by atoms with E-state index in [1.165, 1.54) is 0 Å². The molecule has 0 aliphatic heterocycles. The molecule has 2 rings (SSSR count). The molecule has 1 N–H and O–H groups in total. The van der Waals surface area contributed by atoms with Gasteiger partial charge in [-0.15, -0.1) is 0 Å². The monoisotopic (exact) mass is 332 g/mol. The Labute approximate surface area is 135 Å². The van der Waals surface area contributed by atoms with Crippen molar-refractivity contribution in [3.63, 3.8) is 0 Å². The van der Waals surface area contributed by atoms with Crippen LogP contribution in [0, 0.1) is 0 Å². The maximum Gasteiger partial charge on any atom is 0.338 e. The molecule has 2 aromatic rings. The van der Waals surface area contributed by atoms with E-state index >= 15 is 0 Å². The molecule has 0 bridgehead atoms. The molecule has 0 amide bonds. The van der Waals surface area contributed by atoms with Crippen molar-refractivity contribution in [2.75, 3.05) is 12.4 Å². The molecule has 0 saturated heterocycles. The summed E-state index contributed by atoms with van der Waals surface area (Å²) >= 11 is 0. The predicted molar refractivity (Wildman–Crippen MR) is 88.1 cm³/mol. The summed E-state index contributed by atoms with van der Waals surface area (Å²) in [5, 5.41) is 0. The Balaban J connectivity index is 2.24. The largest absolute Gasteiger partial charge is 0.461 e. The molecular formula is C17H16O5S. The van der Waals surface area contributed by atoms with Crippen molar-refractivity contribution in [2.45, 2.75) is 0 Å². The van der Waals surface area contributed by atoms with Crippen molar-refractivity contribution in [3.8, 4) is 0 Å². The van der Waals surface area contributed by atoms with Crippen LogP contribution in [0.3, 0.4) is 0 Å². The molecule has 23 heavy (non-hydrogen) atoms. The van der Waals surface area contributed by atoms with E-state index < -0.39 is 28.4 Å². The third-order valence-corrected chi connectivity index (χ3v) is 3.67. The van der Waals surface area contributed by atoms with Gasteiger partial charge in [0.2, 0.25) is 0 Å². The first-order valence-corrected chi connectivity index (χ1v) is 8.51. The van der Waals surface area contributed by atoms with Gasteiger partial charge in [0.1, 0.15) is 12.4 Å². The summed E-state index contributed by atoms with van der Waals surface area (Å²) in [6.07, 6.45) is 1.67. The van der Waals surface area contributed by atoms with Gasteiger partial charge in [0.15, 0.2) is 0 Å². The Morgan fingerprint density at radius 2 is 1.57 bits per heavy atom. The van der Waals surface area contributed by atoms with Crippen LogP contribution in [-0.2, 0) is 19.6 Å². The molecule has 0 atom stereocenters. The lowest BCUT2D eigenvalue weighted by molar-refractivity contribution is -0.135. The lowest BCUT2D eigenvalue weighted by Crippen LogP contribution is -2.15. The molecule has 0 unspecified atom stereocenters. The number of rotatable bonds is 6. The second-order valence-corrected chi connectivity index (χ2v) is 6.33. The second-order valence-electron chi connectivity index (χ2n) is 4.76. The Kier molecular flexibility index (Phi) is 5.67. The molecule has 0 saturated carbocycles. The second kappa shape index (κ2) is 7.71. The van der Waals surface area contributed by atoms with Crippen LogP contribution in [0.15, 0.2) is 60.7 Å². The average Bonchev–Trinajstić information content (AvgIpc) is 2.53. The summed E-state index contributed by atoms with van der Waals surface area (Å²) < 4.78 is 35.0. The average molecular weight is 332 g/mol. The summed E-state index contributed by atoms with van der Waals surface area (Å²) in [6.45, 7) is -0.406. The molecule has 0 spiro atoms. The number of carbonyl (C=O) groups excluding carboxylic acids is 1. The molecule has 120 valence electrons. The molecule has 0 heterocycles. The standard InChI is InChI=1S/C17H16O5S/c18-17(22-11-12-23(19,20)21)16(15-9-5-2-6-10-15)13-14-7-3-1-4-8-14/h1-10,13H,11-12H2,(H,19,20,21)/b16-13+. The summed E-state index contributed by atoms with van der Waals surface area (Å²) in [5.41, 5.74) is 1.79. The number of hydrogen-bond donors (Lipinski definition) is 1. The van der Waals surface area contributed by atoms with E-state index in [1.54, 1.807) is 30.3 Å². The maximum absolute atomic E-state index is 12.3. The molecule has 5 nitrogen and oxygen atoms in total. The van der Waals surface area contributed by atoms with Crippen molar-refractivity contribution in [1.29, 1.82) is 0 Å². The van der Waals surface area contributed by atoms with Crippen LogP contribution in [-0.4, -0.2) is 31.3 Å². The Morgan fingerprint density at radius 3 is 2.13 bits per heavy atom. The van der Waals surface area contributed by atoms with E-state index in [9.17, 15) is 13.2 Å². The predicted octanol–water partition coefficient (Wildman–Crippen LogP) is 2.66. The molecule has 0 aliphatic carbocycles. The fourth-order valence-electron chi connectivity index (χ4n) is 1.91. The molecule has 6 heteroatoms. The van der Waals surface area contributed by atoms with Gasteiger partial charge in [-0.2, -0.15) is 8.42 Å². The lowest BCUT2D eigenvalue weighted by Gasteiger charge is -2.08. The summed E-state index contributed by atoms with van der Waals surface area (Å²) in [7, 11) is -4.17. The highest BCUT2D eigenvalue weighted by Gasteiger charge is 2.15. The van der Waals surface area contributed by atoms with Crippen molar-refractivity contribution >= 4 is 27.7 Å². The van der Waals surface area contributed by atoms with E-state index in [0.29, 0.717) is 11.1 Å². The smallest absolute Gasteiger partial charge is 0.338 e. The quantitative estimate of drug-likeness (QED) is 0.381. The van der Waals surface area contributed by atoms with Crippen molar-refractivity contribution in [3.05, 3.63) is 71.8 Å². The van der Waals surface area contributed by atoms with Gasteiger partial charge < -0.3 is 4.74 Å². The third-order valence-electron chi connectivity index (χ3n) is 2.99. The van der Waals surface area contributed by atoms with Gasteiger partial charge in [0.05, 0.1) is 5.57 Å². The van der Waals surface area contributed by atoms with Crippen LogP contribution in [0.1, 0.15) is 11.1 Å². The van der Waals surface area contributed by atoms with Gasteiger partial charge in [-0.1, -0.05) is 60.7 Å². The minimum absolute atomic E-state index is 0.312. The first-order chi connectivity index (χ1) is 11.0. The van der Waals surface area contributed by atoms with Crippen LogP contribution in [0.4, 0.5) is 0 Å². The van der Waals surface area contributed by atoms with Gasteiger partial charge in [-0.3, -0.25) is 4.55 Å². The molecule has 2 aromatic carbocycles. The highest BCUT2D eigenvalue weighted by molar-refractivity contribution is 7.85. The van der Waals surface area contributed by atoms with Crippen molar-refractivity contribution in [2.24, 2.45) is 0 Å². The topological polar surface area (TPSA) is 80.7 Å². The van der Waals surface area contributed by atoms with E-state index in [4.69, 9.17) is 9.29 Å². The lowest BCUT2D eigenvalue weighted by atomic mass is 10.0. The Hall–Kier alpha value is -2.44. The summed E-state index contributed by atoms with van der Waals surface area (Å²) in [4.78, 5) is 12.3. The fourth-order valence-corrected chi connectivity index (χ4v) is 2.21. The number of ether oxygens (including phenoxy) is 1. The van der Waals surface area contributed by atoms with E-state index in [2.05, 4.69) is 0 Å². The molecule has 0 radical (unpaired) electrons. The molecule has 0 aromatic heterocycles. The van der Waals surface area contributed by atoms with Gasteiger partial charge >= 0.3 is 5.97 Å². The highest BCUT2D eigenvalue weighted by atomic mass is 32.2. The summed E-state index contributed by atoms with van der Waals surface area (Å²) in [5.74, 6) is -1.28. The van der Waals surface area contributed by atoms with Crippen molar-refractivity contribution < 1.29 is 22.5 Å². The maximum atomic E-state index is 12.3. The molecule has 0 fully saturated rings.